The van der Waals surface area contributed by atoms with E-state index in [2.05, 4.69) is 34.9 Å². The number of carboxylic acid groups (broad SMARTS) is 1. The van der Waals surface area contributed by atoms with Crippen molar-refractivity contribution in [2.45, 2.75) is 30.7 Å². The summed E-state index contributed by atoms with van der Waals surface area (Å²) in [5, 5.41) is 14.7. The number of benzene rings is 2. The first kappa shape index (κ1) is 23.9. The zero-order valence-corrected chi connectivity index (χ0v) is 19.6. The summed E-state index contributed by atoms with van der Waals surface area (Å²) < 4.78 is 5.48. The molecule has 0 spiro atoms. The summed E-state index contributed by atoms with van der Waals surface area (Å²) in [5.41, 5.74) is 3.91. The first-order valence-corrected chi connectivity index (χ1v) is 12.5. The van der Waals surface area contributed by atoms with Gasteiger partial charge in [-0.1, -0.05) is 54.6 Å². The van der Waals surface area contributed by atoms with Gasteiger partial charge in [0.15, 0.2) is 0 Å². The van der Waals surface area contributed by atoms with E-state index in [1.807, 2.05) is 24.3 Å². The third-order valence-corrected chi connectivity index (χ3v) is 7.29. The molecule has 1 heterocycles. The van der Waals surface area contributed by atoms with Crippen LogP contribution in [0.2, 0.25) is 0 Å². The van der Waals surface area contributed by atoms with Crippen LogP contribution in [0, 0.1) is 0 Å². The lowest BCUT2D eigenvalue weighted by Gasteiger charge is -2.36. The van der Waals surface area contributed by atoms with Crippen LogP contribution in [0.1, 0.15) is 36.3 Å². The molecule has 0 aromatic heterocycles. The number of amides is 2. The fourth-order valence-electron chi connectivity index (χ4n) is 4.66. The van der Waals surface area contributed by atoms with E-state index >= 15 is 0 Å². The molecule has 0 atom stereocenters. The van der Waals surface area contributed by atoms with E-state index in [0.717, 1.165) is 22.6 Å². The number of aliphatic carboxylic acids is 1. The number of nitrogens with one attached hydrogen (secondary N) is 2. The van der Waals surface area contributed by atoms with Gasteiger partial charge in [0.1, 0.15) is 6.61 Å². The minimum absolute atomic E-state index is 0.0152. The van der Waals surface area contributed by atoms with Gasteiger partial charge >= 0.3 is 12.1 Å². The summed E-state index contributed by atoms with van der Waals surface area (Å²) in [7, 11) is 0. The maximum absolute atomic E-state index is 12.3. The van der Waals surface area contributed by atoms with Crippen LogP contribution in [0.15, 0.2) is 60.7 Å². The highest BCUT2D eigenvalue weighted by atomic mass is 32.2. The Labute approximate surface area is 203 Å². The number of alkyl carbamates (subject to hydrolysis) is 1. The molecule has 34 heavy (non-hydrogen) atoms. The van der Waals surface area contributed by atoms with Gasteiger partial charge in [-0.15, -0.1) is 0 Å². The van der Waals surface area contributed by atoms with Crippen molar-refractivity contribution in [1.29, 1.82) is 0 Å². The number of carboxylic acids is 1. The largest absolute Gasteiger partial charge is 0.481 e. The van der Waals surface area contributed by atoms with Gasteiger partial charge in [0.25, 0.3) is 0 Å². The first-order valence-electron chi connectivity index (χ1n) is 11.3. The maximum Gasteiger partial charge on any atom is 0.407 e. The Hall–Kier alpha value is -3.26. The summed E-state index contributed by atoms with van der Waals surface area (Å²) in [6, 6.07) is 16.3. The molecule has 2 amide bonds. The van der Waals surface area contributed by atoms with Gasteiger partial charge in [0.05, 0.1) is 12.0 Å². The van der Waals surface area contributed by atoms with E-state index in [1.54, 1.807) is 11.8 Å². The van der Waals surface area contributed by atoms with Gasteiger partial charge in [0, 0.05) is 18.5 Å². The molecule has 0 saturated carbocycles. The molecule has 178 valence electrons. The van der Waals surface area contributed by atoms with E-state index in [0.29, 0.717) is 12.8 Å². The highest BCUT2D eigenvalue weighted by Gasteiger charge is 2.35. The van der Waals surface area contributed by atoms with Crippen LogP contribution in [-0.2, 0) is 14.3 Å². The Morgan fingerprint density at radius 3 is 2.26 bits per heavy atom. The van der Waals surface area contributed by atoms with Crippen molar-refractivity contribution >= 4 is 29.7 Å². The predicted octanol–water partition coefficient (Wildman–Crippen LogP) is 3.94. The minimum Gasteiger partial charge on any atom is -0.481 e. The third-order valence-electron chi connectivity index (χ3n) is 6.31. The number of hydrogen-bond donors (Lipinski definition) is 3. The molecule has 8 heteroatoms. The monoisotopic (exact) mass is 480 g/mol. The molecular weight excluding hydrogens is 452 g/mol. The van der Waals surface area contributed by atoms with Crippen molar-refractivity contribution in [3.05, 3.63) is 71.8 Å². The smallest absolute Gasteiger partial charge is 0.407 e. The zero-order valence-electron chi connectivity index (χ0n) is 18.8. The van der Waals surface area contributed by atoms with Crippen molar-refractivity contribution in [3.8, 4) is 11.1 Å². The maximum atomic E-state index is 12.3. The van der Waals surface area contributed by atoms with Gasteiger partial charge in [-0.2, -0.15) is 11.8 Å². The second-order valence-corrected chi connectivity index (χ2v) is 9.79. The van der Waals surface area contributed by atoms with Crippen molar-refractivity contribution < 1.29 is 24.2 Å². The minimum atomic E-state index is -0.923. The van der Waals surface area contributed by atoms with E-state index in [1.165, 1.54) is 23.3 Å². The molecule has 1 aliphatic heterocycles. The topological polar surface area (TPSA) is 105 Å². The number of fused-ring (bicyclic) bond motifs is 3. The molecule has 1 fully saturated rings. The molecule has 0 bridgehead atoms. The third kappa shape index (κ3) is 5.62. The molecule has 4 rings (SSSR count). The molecule has 2 aromatic rings. The van der Waals surface area contributed by atoms with E-state index in [4.69, 9.17) is 4.74 Å². The number of rotatable bonds is 8. The Morgan fingerprint density at radius 1 is 1.03 bits per heavy atom. The lowest BCUT2D eigenvalue weighted by Crippen LogP contribution is -2.51. The molecule has 1 aliphatic carbocycles. The van der Waals surface area contributed by atoms with Crippen molar-refractivity contribution in [3.63, 3.8) is 0 Å². The molecule has 0 unspecified atom stereocenters. The average Bonchev–Trinajstić information content (AvgIpc) is 3.14. The second kappa shape index (κ2) is 10.8. The molecule has 3 N–H and O–H groups in total. The SMILES string of the molecule is O=C(O)CC1(NC(=O)/C=C/CNC(=O)OCC2c3ccccc3-c3ccccc32)CCSCC1. The van der Waals surface area contributed by atoms with Crippen LogP contribution in [-0.4, -0.2) is 53.3 Å². The standard InChI is InChI=1S/C26H28N2O5S/c29-23(28-26(16-24(30)31)11-14-34-15-12-26)10-5-13-27-25(32)33-17-22-20-8-3-1-6-18(20)19-7-2-4-9-21(19)22/h1-10,22H,11-17H2,(H,27,32)(H,28,29)(H,30,31)/b10-5+. The fourth-order valence-corrected chi connectivity index (χ4v) is 5.93. The number of carbonyl (C=O) groups excluding carboxylic acids is 2. The van der Waals surface area contributed by atoms with Gasteiger partial charge in [0.2, 0.25) is 5.91 Å². The number of thioether (sulfide) groups is 1. The number of carbonyl (C=O) groups is 3. The molecule has 2 aliphatic rings. The van der Waals surface area contributed by atoms with Gasteiger partial charge < -0.3 is 20.5 Å². The first-order chi connectivity index (χ1) is 16.5. The second-order valence-electron chi connectivity index (χ2n) is 8.56. The van der Waals surface area contributed by atoms with Crippen molar-refractivity contribution in [1.82, 2.24) is 10.6 Å². The lowest BCUT2D eigenvalue weighted by atomic mass is 9.88. The highest BCUT2D eigenvalue weighted by molar-refractivity contribution is 7.99. The van der Waals surface area contributed by atoms with E-state index in [-0.39, 0.29) is 31.4 Å². The predicted molar refractivity (Wildman–Crippen MR) is 132 cm³/mol. The summed E-state index contributed by atoms with van der Waals surface area (Å²) in [5.74, 6) is 0.343. The molecular formula is C26H28N2O5S. The van der Waals surface area contributed by atoms with E-state index in [9.17, 15) is 19.5 Å². The molecule has 7 nitrogen and oxygen atoms in total. The highest BCUT2D eigenvalue weighted by Crippen LogP contribution is 2.44. The molecule has 0 radical (unpaired) electrons. The molecule has 2 aromatic carbocycles. The van der Waals surface area contributed by atoms with Crippen LogP contribution < -0.4 is 10.6 Å². The van der Waals surface area contributed by atoms with Crippen LogP contribution >= 0.6 is 11.8 Å². The van der Waals surface area contributed by atoms with E-state index < -0.39 is 17.6 Å². The van der Waals surface area contributed by atoms with Crippen LogP contribution in [0.5, 0.6) is 0 Å². The quantitative estimate of drug-likeness (QED) is 0.495. The summed E-state index contributed by atoms with van der Waals surface area (Å²) in [6.45, 7) is 0.353. The van der Waals surface area contributed by atoms with Gasteiger partial charge in [-0.25, -0.2) is 4.79 Å². The Bertz CT molecular complexity index is 1050. The Balaban J connectivity index is 1.25. The Morgan fingerprint density at radius 2 is 1.65 bits per heavy atom. The van der Waals surface area contributed by atoms with Crippen LogP contribution in [0.4, 0.5) is 4.79 Å². The molecule has 1 saturated heterocycles. The summed E-state index contributed by atoms with van der Waals surface area (Å²) in [6.07, 6.45) is 3.46. The van der Waals surface area contributed by atoms with Gasteiger partial charge in [-0.3, -0.25) is 9.59 Å². The van der Waals surface area contributed by atoms with Crippen LogP contribution in [0.25, 0.3) is 11.1 Å². The van der Waals surface area contributed by atoms with Crippen molar-refractivity contribution in [2.75, 3.05) is 24.7 Å². The number of hydrogen-bond acceptors (Lipinski definition) is 5. The number of ether oxygens (including phenoxy) is 1. The van der Waals surface area contributed by atoms with Crippen LogP contribution in [0.3, 0.4) is 0 Å². The average molecular weight is 481 g/mol. The summed E-state index contributed by atoms with van der Waals surface area (Å²) in [4.78, 5) is 35.8. The van der Waals surface area contributed by atoms with Crippen molar-refractivity contribution in [2.24, 2.45) is 0 Å². The lowest BCUT2D eigenvalue weighted by molar-refractivity contribution is -0.139. The van der Waals surface area contributed by atoms with Gasteiger partial charge in [-0.05, 0) is 46.6 Å². The fraction of sp³-hybridized carbons (Fsp3) is 0.346. The zero-order chi connectivity index (χ0) is 24.0. The normalized spacial score (nSPS) is 16.5. The summed E-state index contributed by atoms with van der Waals surface area (Å²) >= 11 is 1.76. The Kier molecular flexibility index (Phi) is 7.57.